The van der Waals surface area contributed by atoms with Gasteiger partial charge in [-0.15, -0.1) is 0 Å². The van der Waals surface area contributed by atoms with Crippen molar-refractivity contribution in [2.75, 3.05) is 14.2 Å². The van der Waals surface area contributed by atoms with Gasteiger partial charge in [-0.2, -0.15) is 0 Å². The van der Waals surface area contributed by atoms with E-state index in [1.807, 2.05) is 49.4 Å². The van der Waals surface area contributed by atoms with E-state index in [2.05, 4.69) is 5.32 Å². The monoisotopic (exact) mass is 495 g/mol. The van der Waals surface area contributed by atoms with Crippen molar-refractivity contribution >= 4 is 45.7 Å². The van der Waals surface area contributed by atoms with Gasteiger partial charge < -0.3 is 19.2 Å². The predicted octanol–water partition coefficient (Wildman–Crippen LogP) is 7.14. The highest BCUT2D eigenvalue weighted by molar-refractivity contribution is 6.36. The molecule has 7 heteroatoms. The lowest BCUT2D eigenvalue weighted by Crippen LogP contribution is -2.20. The summed E-state index contributed by atoms with van der Waals surface area (Å²) in [5, 5.41) is 4.84. The zero-order chi connectivity index (χ0) is 24.2. The van der Waals surface area contributed by atoms with Gasteiger partial charge in [0.05, 0.1) is 25.5 Å². The topological polar surface area (TPSA) is 60.7 Å². The van der Waals surface area contributed by atoms with Gasteiger partial charge in [-0.3, -0.25) is 4.79 Å². The standard InChI is InChI=1S/C27H23Cl2NO4/c1-16(9-27(31)30-14-17-5-4-6-19(10-17)32-2)21-12-22-23(15-34-26(22)13-25(21)33-3)20-8-7-18(28)11-24(20)29/h4-13,15H,14H2,1-3H3,(H,30,31)/b16-9+. The minimum absolute atomic E-state index is 0.212. The number of rotatable bonds is 7. The first-order valence-electron chi connectivity index (χ1n) is 10.5. The number of amides is 1. The third-order valence-electron chi connectivity index (χ3n) is 5.49. The molecule has 4 aromatic rings. The van der Waals surface area contributed by atoms with E-state index >= 15 is 0 Å². The molecule has 0 fully saturated rings. The third-order valence-corrected chi connectivity index (χ3v) is 6.04. The quantitative estimate of drug-likeness (QED) is 0.276. The second kappa shape index (κ2) is 10.2. The number of methoxy groups -OCH3 is 2. The molecule has 0 spiro atoms. The molecule has 0 saturated carbocycles. The Kier molecular flexibility index (Phi) is 7.15. The van der Waals surface area contributed by atoms with Gasteiger partial charge in [0, 0.05) is 45.8 Å². The summed E-state index contributed by atoms with van der Waals surface area (Å²) in [6, 6.07) is 16.6. The number of carbonyl (C=O) groups excluding carboxylic acids is 1. The van der Waals surface area contributed by atoms with E-state index in [0.717, 1.165) is 39.0 Å². The molecule has 4 rings (SSSR count). The lowest BCUT2D eigenvalue weighted by atomic mass is 9.99. The largest absolute Gasteiger partial charge is 0.497 e. The number of halogens is 2. The van der Waals surface area contributed by atoms with Crippen LogP contribution in [0.1, 0.15) is 18.1 Å². The summed E-state index contributed by atoms with van der Waals surface area (Å²) < 4.78 is 16.6. The number of furan rings is 1. The van der Waals surface area contributed by atoms with Crippen molar-refractivity contribution in [1.82, 2.24) is 5.32 Å². The molecule has 0 unspecified atom stereocenters. The average molecular weight is 496 g/mol. The van der Waals surface area contributed by atoms with Crippen LogP contribution < -0.4 is 14.8 Å². The molecular weight excluding hydrogens is 473 g/mol. The molecule has 34 heavy (non-hydrogen) atoms. The summed E-state index contributed by atoms with van der Waals surface area (Å²) in [4.78, 5) is 12.6. The highest BCUT2D eigenvalue weighted by atomic mass is 35.5. The molecule has 0 bridgehead atoms. The molecule has 1 amide bonds. The molecule has 1 N–H and O–H groups in total. The molecule has 1 aromatic heterocycles. The van der Waals surface area contributed by atoms with Crippen LogP contribution in [0.5, 0.6) is 11.5 Å². The zero-order valence-corrected chi connectivity index (χ0v) is 20.5. The molecule has 0 aliphatic heterocycles. The van der Waals surface area contributed by atoms with Crippen LogP contribution in [0, 0.1) is 0 Å². The Morgan fingerprint density at radius 2 is 1.85 bits per heavy atom. The fourth-order valence-electron chi connectivity index (χ4n) is 3.75. The molecule has 1 heterocycles. The maximum Gasteiger partial charge on any atom is 0.244 e. The van der Waals surface area contributed by atoms with Crippen molar-refractivity contribution in [2.24, 2.45) is 0 Å². The van der Waals surface area contributed by atoms with E-state index < -0.39 is 0 Å². The summed E-state index contributed by atoms with van der Waals surface area (Å²) in [5.74, 6) is 1.13. The third kappa shape index (κ3) is 5.06. The minimum atomic E-state index is -0.212. The molecule has 3 aromatic carbocycles. The first kappa shape index (κ1) is 23.7. The van der Waals surface area contributed by atoms with Crippen molar-refractivity contribution in [3.05, 3.63) is 88.1 Å². The van der Waals surface area contributed by atoms with Crippen LogP contribution in [0.15, 0.2) is 71.4 Å². The summed E-state index contributed by atoms with van der Waals surface area (Å²) >= 11 is 12.5. The van der Waals surface area contributed by atoms with Gasteiger partial charge in [0.2, 0.25) is 5.91 Å². The molecule has 174 valence electrons. The molecule has 0 radical (unpaired) electrons. The first-order valence-corrected chi connectivity index (χ1v) is 11.3. The van der Waals surface area contributed by atoms with E-state index in [4.69, 9.17) is 37.1 Å². The Balaban J connectivity index is 1.63. The zero-order valence-electron chi connectivity index (χ0n) is 18.9. The smallest absolute Gasteiger partial charge is 0.244 e. The van der Waals surface area contributed by atoms with Crippen molar-refractivity contribution in [3.8, 4) is 22.6 Å². The highest BCUT2D eigenvalue weighted by Crippen LogP contribution is 2.40. The van der Waals surface area contributed by atoms with Crippen molar-refractivity contribution < 1.29 is 18.7 Å². The van der Waals surface area contributed by atoms with Crippen molar-refractivity contribution in [1.29, 1.82) is 0 Å². The number of hydrogen-bond donors (Lipinski definition) is 1. The van der Waals surface area contributed by atoms with Gasteiger partial charge in [0.1, 0.15) is 17.1 Å². The maximum absolute atomic E-state index is 12.6. The van der Waals surface area contributed by atoms with E-state index in [0.29, 0.717) is 27.9 Å². The Morgan fingerprint density at radius 3 is 2.59 bits per heavy atom. The van der Waals surface area contributed by atoms with Gasteiger partial charge in [-0.05, 0) is 48.4 Å². The van der Waals surface area contributed by atoms with Gasteiger partial charge in [0.15, 0.2) is 0 Å². The van der Waals surface area contributed by atoms with Crippen molar-refractivity contribution in [3.63, 3.8) is 0 Å². The Bertz CT molecular complexity index is 1390. The number of ether oxygens (including phenoxy) is 2. The second-order valence-corrected chi connectivity index (χ2v) is 8.56. The Morgan fingerprint density at radius 1 is 1.03 bits per heavy atom. The molecule has 5 nitrogen and oxygen atoms in total. The lowest BCUT2D eigenvalue weighted by molar-refractivity contribution is -0.116. The number of benzene rings is 3. The minimum Gasteiger partial charge on any atom is -0.497 e. The normalized spacial score (nSPS) is 11.5. The fraction of sp³-hybridized carbons (Fsp3) is 0.148. The van der Waals surface area contributed by atoms with Crippen LogP contribution in [0.3, 0.4) is 0 Å². The molecular formula is C27H23Cl2NO4. The van der Waals surface area contributed by atoms with E-state index in [-0.39, 0.29) is 5.91 Å². The Hall–Kier alpha value is -3.41. The molecule has 0 saturated heterocycles. The number of carbonyl (C=O) groups is 1. The number of nitrogens with one attached hydrogen (secondary N) is 1. The summed E-state index contributed by atoms with van der Waals surface area (Å²) in [6.07, 6.45) is 3.21. The first-order chi connectivity index (χ1) is 16.4. The maximum atomic E-state index is 12.6. The second-order valence-electron chi connectivity index (χ2n) is 7.72. The van der Waals surface area contributed by atoms with Crippen LogP contribution in [0.4, 0.5) is 0 Å². The van der Waals surface area contributed by atoms with E-state index in [1.165, 1.54) is 0 Å². The molecule has 0 aliphatic rings. The van der Waals surface area contributed by atoms with E-state index in [1.54, 1.807) is 38.7 Å². The lowest BCUT2D eigenvalue weighted by Gasteiger charge is -2.11. The SMILES string of the molecule is COc1cccc(CNC(=O)/C=C(\C)c2cc3c(-c4ccc(Cl)cc4Cl)coc3cc2OC)c1. The Labute approximate surface area is 207 Å². The van der Waals surface area contributed by atoms with E-state index in [9.17, 15) is 4.79 Å². The van der Waals surface area contributed by atoms with Crippen LogP contribution in [-0.4, -0.2) is 20.1 Å². The predicted molar refractivity (Wildman–Crippen MR) is 137 cm³/mol. The van der Waals surface area contributed by atoms with Crippen LogP contribution >= 0.6 is 23.2 Å². The van der Waals surface area contributed by atoms with Gasteiger partial charge in [0.25, 0.3) is 0 Å². The highest BCUT2D eigenvalue weighted by Gasteiger charge is 2.16. The van der Waals surface area contributed by atoms with Gasteiger partial charge >= 0.3 is 0 Å². The molecule has 0 aliphatic carbocycles. The van der Waals surface area contributed by atoms with Crippen LogP contribution in [0.25, 0.3) is 27.7 Å². The summed E-state index contributed by atoms with van der Waals surface area (Å²) in [7, 11) is 3.20. The summed E-state index contributed by atoms with van der Waals surface area (Å²) in [6.45, 7) is 2.25. The number of allylic oxidation sites excluding steroid dienone is 1. The van der Waals surface area contributed by atoms with Crippen LogP contribution in [0.2, 0.25) is 10.0 Å². The average Bonchev–Trinajstić information content (AvgIpc) is 3.24. The van der Waals surface area contributed by atoms with Crippen molar-refractivity contribution in [2.45, 2.75) is 13.5 Å². The van der Waals surface area contributed by atoms with Gasteiger partial charge in [-0.25, -0.2) is 0 Å². The van der Waals surface area contributed by atoms with Crippen LogP contribution in [-0.2, 0) is 11.3 Å². The molecule has 0 atom stereocenters. The summed E-state index contributed by atoms with van der Waals surface area (Å²) in [5.41, 5.74) is 4.75. The van der Waals surface area contributed by atoms with Gasteiger partial charge in [-0.1, -0.05) is 41.4 Å². The number of hydrogen-bond acceptors (Lipinski definition) is 4. The number of fused-ring (bicyclic) bond motifs is 1. The fourth-order valence-corrected chi connectivity index (χ4v) is 4.26.